The molecule has 0 unspecified atom stereocenters. The maximum Gasteiger partial charge on any atom is 0.251 e. The normalized spacial score (nSPS) is 22.1. The van der Waals surface area contributed by atoms with Crippen molar-refractivity contribution >= 4 is 22.6 Å². The molecule has 136 valence electrons. The first-order chi connectivity index (χ1) is 12.6. The highest BCUT2D eigenvalue weighted by Crippen LogP contribution is 2.21. The third-order valence-corrected chi connectivity index (χ3v) is 5.61. The van der Waals surface area contributed by atoms with Crippen LogP contribution in [-0.4, -0.2) is 65.4 Å². The van der Waals surface area contributed by atoms with E-state index in [4.69, 9.17) is 0 Å². The molecule has 0 aliphatic carbocycles. The zero-order chi connectivity index (χ0) is 18.1. The van der Waals surface area contributed by atoms with Crippen molar-refractivity contribution in [3.63, 3.8) is 0 Å². The van der Waals surface area contributed by atoms with E-state index in [-0.39, 0.29) is 23.9 Å². The van der Waals surface area contributed by atoms with Gasteiger partial charge in [0.2, 0.25) is 5.91 Å². The number of aromatic nitrogens is 1. The van der Waals surface area contributed by atoms with Gasteiger partial charge in [0.1, 0.15) is 0 Å². The lowest BCUT2D eigenvalue weighted by molar-refractivity contribution is -0.131. The van der Waals surface area contributed by atoms with E-state index < -0.39 is 0 Å². The van der Waals surface area contributed by atoms with E-state index in [1.165, 1.54) is 0 Å². The Balaban J connectivity index is 1.35. The molecule has 1 aromatic heterocycles. The van der Waals surface area contributed by atoms with Gasteiger partial charge in [-0.3, -0.25) is 19.5 Å². The molecule has 1 atom stereocenters. The van der Waals surface area contributed by atoms with E-state index in [0.717, 1.165) is 49.7 Å². The van der Waals surface area contributed by atoms with Gasteiger partial charge >= 0.3 is 0 Å². The van der Waals surface area contributed by atoms with E-state index in [1.807, 2.05) is 36.2 Å². The average molecular weight is 352 g/mol. The van der Waals surface area contributed by atoms with E-state index in [0.29, 0.717) is 5.56 Å². The van der Waals surface area contributed by atoms with Gasteiger partial charge in [0, 0.05) is 56.1 Å². The Morgan fingerprint density at radius 2 is 1.92 bits per heavy atom. The monoisotopic (exact) mass is 352 g/mol. The fourth-order valence-corrected chi connectivity index (χ4v) is 3.99. The molecular formula is C20H24N4O2. The fraction of sp³-hybridized carbons (Fsp3) is 0.450. The van der Waals surface area contributed by atoms with Gasteiger partial charge in [-0.2, -0.15) is 0 Å². The zero-order valence-electron chi connectivity index (χ0n) is 15.0. The highest BCUT2D eigenvalue weighted by Gasteiger charge is 2.35. The molecule has 6 heteroatoms. The number of nitrogens with one attached hydrogen (secondary N) is 1. The molecule has 2 aliphatic rings. The maximum absolute atomic E-state index is 12.6. The molecule has 0 saturated carbocycles. The van der Waals surface area contributed by atoms with Crippen LogP contribution in [0.2, 0.25) is 0 Å². The minimum atomic E-state index is -0.0362. The zero-order valence-corrected chi connectivity index (χ0v) is 15.0. The Morgan fingerprint density at radius 1 is 1.12 bits per heavy atom. The van der Waals surface area contributed by atoms with Crippen LogP contribution < -0.4 is 5.32 Å². The second-order valence-electron chi connectivity index (χ2n) is 7.29. The lowest BCUT2D eigenvalue weighted by Gasteiger charge is -2.35. The first kappa shape index (κ1) is 17.0. The van der Waals surface area contributed by atoms with Gasteiger partial charge in [0.15, 0.2) is 0 Å². The summed E-state index contributed by atoms with van der Waals surface area (Å²) in [6, 6.07) is 7.84. The van der Waals surface area contributed by atoms with E-state index >= 15 is 0 Å². The highest BCUT2D eigenvalue weighted by molar-refractivity contribution is 5.98. The summed E-state index contributed by atoms with van der Waals surface area (Å²) < 4.78 is 0. The molecule has 3 heterocycles. The molecule has 2 amide bonds. The molecule has 1 aromatic carbocycles. The molecule has 0 spiro atoms. The van der Waals surface area contributed by atoms with Gasteiger partial charge in [0.25, 0.3) is 5.91 Å². The van der Waals surface area contributed by atoms with Crippen LogP contribution in [0.3, 0.4) is 0 Å². The molecule has 6 nitrogen and oxygen atoms in total. The van der Waals surface area contributed by atoms with Crippen LogP contribution in [0.5, 0.6) is 0 Å². The number of fused-ring (bicyclic) bond motifs is 1. The van der Waals surface area contributed by atoms with Crippen LogP contribution in [0.15, 0.2) is 36.7 Å². The quantitative estimate of drug-likeness (QED) is 0.912. The van der Waals surface area contributed by atoms with Crippen molar-refractivity contribution in [2.24, 2.45) is 0 Å². The Morgan fingerprint density at radius 3 is 2.65 bits per heavy atom. The molecule has 1 N–H and O–H groups in total. The average Bonchev–Trinajstić information content (AvgIpc) is 3.01. The molecule has 26 heavy (non-hydrogen) atoms. The van der Waals surface area contributed by atoms with Crippen LogP contribution in [-0.2, 0) is 4.79 Å². The Labute approximate surface area is 153 Å². The number of pyridine rings is 1. The summed E-state index contributed by atoms with van der Waals surface area (Å²) in [4.78, 5) is 33.0. The minimum Gasteiger partial charge on any atom is -0.349 e. The predicted octanol–water partition coefficient (Wildman–Crippen LogP) is 1.66. The molecule has 0 radical (unpaired) electrons. The lowest BCUT2D eigenvalue weighted by Crippen LogP contribution is -2.50. The third-order valence-electron chi connectivity index (χ3n) is 5.61. The van der Waals surface area contributed by atoms with Crippen molar-refractivity contribution in [1.82, 2.24) is 20.1 Å². The van der Waals surface area contributed by atoms with Gasteiger partial charge < -0.3 is 10.2 Å². The van der Waals surface area contributed by atoms with Gasteiger partial charge in [-0.15, -0.1) is 0 Å². The standard InChI is InChI=1S/C20H24N4O2/c1-23-9-7-18(20(23)26)24-10-5-17(6-11-24)22-19(25)15-3-2-14-4-8-21-13-16(14)12-15/h2-4,8,12-13,17-18H,5-7,9-11H2,1H3,(H,22,25)/t18-/m0/s1. The SMILES string of the molecule is CN1CC[C@H](N2CCC(NC(=O)c3ccc4ccncc4c3)CC2)C1=O. The van der Waals surface area contributed by atoms with Crippen LogP contribution in [0, 0.1) is 0 Å². The van der Waals surface area contributed by atoms with Gasteiger partial charge in [-0.05, 0) is 42.8 Å². The summed E-state index contributed by atoms with van der Waals surface area (Å²) >= 11 is 0. The Kier molecular flexibility index (Phi) is 4.59. The number of rotatable bonds is 3. The number of benzene rings is 1. The number of hydrogen-bond donors (Lipinski definition) is 1. The van der Waals surface area contributed by atoms with Crippen molar-refractivity contribution in [2.75, 3.05) is 26.7 Å². The number of likely N-dealkylation sites (N-methyl/N-ethyl adjacent to an activating group) is 1. The van der Waals surface area contributed by atoms with Crippen LogP contribution >= 0.6 is 0 Å². The summed E-state index contributed by atoms with van der Waals surface area (Å²) in [7, 11) is 1.87. The maximum atomic E-state index is 12.6. The Hall–Kier alpha value is -2.47. The van der Waals surface area contributed by atoms with E-state index in [1.54, 1.807) is 12.4 Å². The molecule has 4 rings (SSSR count). The third kappa shape index (κ3) is 3.29. The predicted molar refractivity (Wildman–Crippen MR) is 99.8 cm³/mol. The van der Waals surface area contributed by atoms with Crippen molar-refractivity contribution < 1.29 is 9.59 Å². The number of likely N-dealkylation sites (tertiary alicyclic amines) is 2. The van der Waals surface area contributed by atoms with Crippen LogP contribution in [0.25, 0.3) is 10.8 Å². The van der Waals surface area contributed by atoms with Crippen molar-refractivity contribution in [2.45, 2.75) is 31.3 Å². The molecular weight excluding hydrogens is 328 g/mol. The van der Waals surface area contributed by atoms with Crippen molar-refractivity contribution in [1.29, 1.82) is 0 Å². The van der Waals surface area contributed by atoms with Crippen LogP contribution in [0.4, 0.5) is 0 Å². The minimum absolute atomic E-state index is 0.0321. The molecule has 2 fully saturated rings. The topological polar surface area (TPSA) is 65.5 Å². The van der Waals surface area contributed by atoms with E-state index in [9.17, 15) is 9.59 Å². The highest BCUT2D eigenvalue weighted by atomic mass is 16.2. The second-order valence-corrected chi connectivity index (χ2v) is 7.29. The van der Waals surface area contributed by atoms with Crippen molar-refractivity contribution in [3.05, 3.63) is 42.2 Å². The summed E-state index contributed by atoms with van der Waals surface area (Å²) in [6.07, 6.45) is 6.21. The Bertz CT molecular complexity index is 829. The number of piperidine rings is 1. The smallest absolute Gasteiger partial charge is 0.251 e. The summed E-state index contributed by atoms with van der Waals surface area (Å²) in [6.45, 7) is 2.56. The van der Waals surface area contributed by atoms with Crippen molar-refractivity contribution in [3.8, 4) is 0 Å². The number of carbonyl (C=O) groups is 2. The van der Waals surface area contributed by atoms with E-state index in [2.05, 4.69) is 15.2 Å². The number of carbonyl (C=O) groups excluding carboxylic acids is 2. The van der Waals surface area contributed by atoms with Gasteiger partial charge in [-0.1, -0.05) is 6.07 Å². The number of nitrogens with zero attached hydrogens (tertiary/aromatic N) is 3. The fourth-order valence-electron chi connectivity index (χ4n) is 3.99. The first-order valence-corrected chi connectivity index (χ1v) is 9.25. The summed E-state index contributed by atoms with van der Waals surface area (Å²) in [5.41, 5.74) is 0.667. The lowest BCUT2D eigenvalue weighted by atomic mass is 10.0. The van der Waals surface area contributed by atoms with Crippen LogP contribution in [0.1, 0.15) is 29.6 Å². The molecule has 2 aromatic rings. The molecule has 0 bridgehead atoms. The van der Waals surface area contributed by atoms with Gasteiger partial charge in [0.05, 0.1) is 6.04 Å². The largest absolute Gasteiger partial charge is 0.349 e. The van der Waals surface area contributed by atoms with Gasteiger partial charge in [-0.25, -0.2) is 0 Å². The number of hydrogen-bond acceptors (Lipinski definition) is 4. The second kappa shape index (κ2) is 7.03. The first-order valence-electron chi connectivity index (χ1n) is 9.25. The molecule has 2 saturated heterocycles. The summed E-state index contributed by atoms with van der Waals surface area (Å²) in [5.74, 6) is 0.197. The summed E-state index contributed by atoms with van der Waals surface area (Å²) in [5, 5.41) is 5.20. The molecule has 2 aliphatic heterocycles. The number of amides is 2.